The van der Waals surface area contributed by atoms with Gasteiger partial charge in [-0.15, -0.1) is 0 Å². The van der Waals surface area contributed by atoms with Crippen molar-refractivity contribution < 1.29 is 9.53 Å². The third kappa shape index (κ3) is 2.29. The Kier molecular flexibility index (Phi) is 3.42. The number of para-hydroxylation sites is 2. The molecule has 1 aromatic heterocycles. The normalized spacial score (nSPS) is 13.0. The van der Waals surface area contributed by atoms with Gasteiger partial charge in [0.1, 0.15) is 6.04 Å². The molecule has 21 heavy (non-hydrogen) atoms. The molecule has 0 aliphatic carbocycles. The van der Waals surface area contributed by atoms with Gasteiger partial charge in [-0.3, -0.25) is 0 Å². The van der Waals surface area contributed by atoms with Gasteiger partial charge >= 0.3 is 5.97 Å². The van der Waals surface area contributed by atoms with Crippen LogP contribution < -0.4 is 0 Å². The van der Waals surface area contributed by atoms with Gasteiger partial charge in [0.15, 0.2) is 0 Å². The van der Waals surface area contributed by atoms with Gasteiger partial charge in [0, 0.05) is 21.8 Å². The molecule has 0 radical (unpaired) electrons. The maximum Gasteiger partial charge on any atom is 0.329 e. The fraction of sp³-hybridized carbons (Fsp3) is 0.278. The minimum atomic E-state index is -0.350. The fourth-order valence-electron chi connectivity index (χ4n) is 2.81. The number of ether oxygens (including phenoxy) is 1. The molecule has 2 aromatic carbocycles. The van der Waals surface area contributed by atoms with Crippen LogP contribution in [0.5, 0.6) is 0 Å². The van der Waals surface area contributed by atoms with Crippen molar-refractivity contribution in [1.82, 2.24) is 4.57 Å². The third-order valence-corrected chi connectivity index (χ3v) is 3.70. The first-order chi connectivity index (χ1) is 10.1. The summed E-state index contributed by atoms with van der Waals surface area (Å²) in [6.45, 7) is 5.64. The molecular formula is C18H19NO2. The minimum Gasteiger partial charge on any atom is -0.461 e. The molecule has 0 amide bonds. The molecule has 0 aliphatic rings. The molecule has 1 unspecified atom stereocenters. The van der Waals surface area contributed by atoms with Crippen molar-refractivity contribution in [3.05, 3.63) is 48.5 Å². The molecule has 1 atom stereocenters. The van der Waals surface area contributed by atoms with Crippen LogP contribution in [-0.2, 0) is 9.53 Å². The number of rotatable bonds is 3. The summed E-state index contributed by atoms with van der Waals surface area (Å²) < 4.78 is 7.44. The minimum absolute atomic E-state index is 0.104. The van der Waals surface area contributed by atoms with Crippen molar-refractivity contribution in [2.45, 2.75) is 32.9 Å². The summed E-state index contributed by atoms with van der Waals surface area (Å²) >= 11 is 0. The number of nitrogens with zero attached hydrogens (tertiary/aromatic N) is 1. The van der Waals surface area contributed by atoms with Crippen LogP contribution in [0.25, 0.3) is 21.8 Å². The standard InChI is InChI=1S/C18H19NO2/c1-12(2)21-18(20)13(3)19-16-10-6-4-8-14(16)15-9-5-7-11-17(15)19/h4-13H,1-3H3. The van der Waals surface area contributed by atoms with Crippen LogP contribution in [0.15, 0.2) is 48.5 Å². The Morgan fingerprint density at radius 2 is 1.38 bits per heavy atom. The average Bonchev–Trinajstić information content (AvgIpc) is 2.80. The summed E-state index contributed by atoms with van der Waals surface area (Å²) in [6.07, 6.45) is -0.104. The zero-order valence-electron chi connectivity index (χ0n) is 12.5. The molecule has 1 heterocycles. The number of hydrogen-bond donors (Lipinski definition) is 0. The molecule has 0 fully saturated rings. The number of esters is 1. The van der Waals surface area contributed by atoms with Gasteiger partial charge in [-0.1, -0.05) is 36.4 Å². The van der Waals surface area contributed by atoms with Gasteiger partial charge in [-0.05, 0) is 32.9 Å². The van der Waals surface area contributed by atoms with Crippen molar-refractivity contribution in [3.8, 4) is 0 Å². The topological polar surface area (TPSA) is 31.2 Å². The first kappa shape index (κ1) is 13.7. The third-order valence-electron chi connectivity index (χ3n) is 3.70. The van der Waals surface area contributed by atoms with E-state index in [4.69, 9.17) is 4.74 Å². The quantitative estimate of drug-likeness (QED) is 0.670. The molecule has 108 valence electrons. The Bertz CT molecular complexity index is 748. The van der Waals surface area contributed by atoms with Crippen molar-refractivity contribution in [3.63, 3.8) is 0 Å². The SMILES string of the molecule is CC(C)OC(=O)C(C)n1c2ccccc2c2ccccc21. The van der Waals surface area contributed by atoms with E-state index in [-0.39, 0.29) is 18.1 Å². The van der Waals surface area contributed by atoms with Gasteiger partial charge in [-0.2, -0.15) is 0 Å². The van der Waals surface area contributed by atoms with E-state index >= 15 is 0 Å². The number of carbonyl (C=O) groups is 1. The summed E-state index contributed by atoms with van der Waals surface area (Å²) in [6, 6.07) is 16.0. The zero-order chi connectivity index (χ0) is 15.0. The first-order valence-corrected chi connectivity index (χ1v) is 7.27. The van der Waals surface area contributed by atoms with Gasteiger partial charge in [0.2, 0.25) is 0 Å². The Balaban J connectivity index is 2.22. The maximum absolute atomic E-state index is 12.3. The average molecular weight is 281 g/mol. The maximum atomic E-state index is 12.3. The number of carbonyl (C=O) groups excluding carboxylic acids is 1. The molecule has 3 rings (SSSR count). The highest BCUT2D eigenvalue weighted by Crippen LogP contribution is 2.31. The van der Waals surface area contributed by atoms with Crippen LogP contribution in [0.2, 0.25) is 0 Å². The number of hydrogen-bond acceptors (Lipinski definition) is 2. The monoisotopic (exact) mass is 281 g/mol. The van der Waals surface area contributed by atoms with E-state index in [0.29, 0.717) is 0 Å². The Morgan fingerprint density at radius 3 is 1.86 bits per heavy atom. The molecule has 0 N–H and O–H groups in total. The summed E-state index contributed by atoms with van der Waals surface area (Å²) in [5, 5.41) is 2.33. The van der Waals surface area contributed by atoms with E-state index in [1.54, 1.807) is 0 Å². The molecule has 0 aliphatic heterocycles. The lowest BCUT2D eigenvalue weighted by molar-refractivity contribution is -0.150. The summed E-state index contributed by atoms with van der Waals surface area (Å²) in [4.78, 5) is 12.3. The van der Waals surface area contributed by atoms with Gasteiger partial charge in [0.25, 0.3) is 0 Å². The predicted octanol–water partition coefficient (Wildman–Crippen LogP) is 4.31. The van der Waals surface area contributed by atoms with Crippen LogP contribution in [0.4, 0.5) is 0 Å². The van der Waals surface area contributed by atoms with Crippen LogP contribution in [0.3, 0.4) is 0 Å². The fourth-order valence-corrected chi connectivity index (χ4v) is 2.81. The van der Waals surface area contributed by atoms with Gasteiger partial charge in [-0.25, -0.2) is 4.79 Å². The van der Waals surface area contributed by atoms with Gasteiger partial charge in [0.05, 0.1) is 6.10 Å². The second-order valence-corrected chi connectivity index (χ2v) is 5.57. The zero-order valence-corrected chi connectivity index (χ0v) is 12.5. The molecule has 0 saturated carbocycles. The van der Waals surface area contributed by atoms with E-state index < -0.39 is 0 Å². The predicted molar refractivity (Wildman–Crippen MR) is 85.4 cm³/mol. The molecule has 0 bridgehead atoms. The number of aromatic nitrogens is 1. The smallest absolute Gasteiger partial charge is 0.329 e. The largest absolute Gasteiger partial charge is 0.461 e. The summed E-state index contributed by atoms with van der Waals surface area (Å²) in [5.74, 6) is -0.198. The first-order valence-electron chi connectivity index (χ1n) is 7.27. The Morgan fingerprint density at radius 1 is 0.905 bits per heavy atom. The molecular weight excluding hydrogens is 262 g/mol. The lowest BCUT2D eigenvalue weighted by Gasteiger charge is -2.17. The van der Waals surface area contributed by atoms with Crippen LogP contribution in [0.1, 0.15) is 26.8 Å². The molecule has 3 aromatic rings. The van der Waals surface area contributed by atoms with E-state index in [1.807, 2.05) is 45.0 Å². The highest BCUT2D eigenvalue weighted by Gasteiger charge is 2.22. The second kappa shape index (κ2) is 5.24. The van der Waals surface area contributed by atoms with E-state index in [1.165, 1.54) is 0 Å². The van der Waals surface area contributed by atoms with Crippen molar-refractivity contribution in [2.24, 2.45) is 0 Å². The number of fused-ring (bicyclic) bond motifs is 3. The van der Waals surface area contributed by atoms with E-state index in [0.717, 1.165) is 21.8 Å². The second-order valence-electron chi connectivity index (χ2n) is 5.57. The molecule has 3 heteroatoms. The molecule has 0 saturated heterocycles. The van der Waals surface area contributed by atoms with Crippen molar-refractivity contribution in [1.29, 1.82) is 0 Å². The molecule has 0 spiro atoms. The Labute approximate surface area is 124 Å². The number of benzene rings is 2. The summed E-state index contributed by atoms with van der Waals surface area (Å²) in [5.41, 5.74) is 2.12. The van der Waals surface area contributed by atoms with Gasteiger partial charge < -0.3 is 9.30 Å². The lowest BCUT2D eigenvalue weighted by Crippen LogP contribution is -2.22. The van der Waals surface area contributed by atoms with Crippen molar-refractivity contribution >= 4 is 27.8 Å². The van der Waals surface area contributed by atoms with Crippen LogP contribution in [0, 0.1) is 0 Å². The van der Waals surface area contributed by atoms with Crippen LogP contribution in [-0.4, -0.2) is 16.6 Å². The molecule has 3 nitrogen and oxygen atoms in total. The highest BCUT2D eigenvalue weighted by atomic mass is 16.5. The van der Waals surface area contributed by atoms with Crippen molar-refractivity contribution in [2.75, 3.05) is 0 Å². The van der Waals surface area contributed by atoms with E-state index in [9.17, 15) is 4.79 Å². The summed E-state index contributed by atoms with van der Waals surface area (Å²) in [7, 11) is 0. The highest BCUT2D eigenvalue weighted by molar-refractivity contribution is 6.08. The Hall–Kier alpha value is -2.29. The van der Waals surface area contributed by atoms with Crippen LogP contribution >= 0.6 is 0 Å². The van der Waals surface area contributed by atoms with E-state index in [2.05, 4.69) is 28.8 Å². The lowest BCUT2D eigenvalue weighted by atomic mass is 10.2.